The Morgan fingerprint density at radius 1 is 1.04 bits per heavy atom. The average molecular weight is 323 g/mol. The highest BCUT2D eigenvalue weighted by molar-refractivity contribution is 6.07. The van der Waals surface area contributed by atoms with E-state index >= 15 is 0 Å². The number of benzene rings is 2. The van der Waals surface area contributed by atoms with E-state index in [0.717, 1.165) is 16.9 Å². The van der Waals surface area contributed by atoms with Crippen molar-refractivity contribution in [1.29, 1.82) is 0 Å². The maximum atomic E-state index is 12.0. The maximum absolute atomic E-state index is 12.0. The quantitative estimate of drug-likeness (QED) is 0.626. The summed E-state index contributed by atoms with van der Waals surface area (Å²) < 4.78 is 15.7. The largest absolute Gasteiger partial charge is 0.497 e. The van der Waals surface area contributed by atoms with Crippen LogP contribution in [0.3, 0.4) is 0 Å². The predicted octanol–water partition coefficient (Wildman–Crippen LogP) is 3.24. The van der Waals surface area contributed by atoms with Crippen LogP contribution in [0.1, 0.15) is 11.1 Å². The van der Waals surface area contributed by atoms with E-state index in [-0.39, 0.29) is 5.70 Å². The van der Waals surface area contributed by atoms with Crippen LogP contribution in [0.5, 0.6) is 11.5 Å². The lowest BCUT2D eigenvalue weighted by Crippen LogP contribution is -2.06. The number of hydrogen-bond acceptors (Lipinski definition) is 5. The highest BCUT2D eigenvalue weighted by Gasteiger charge is 2.23. The molecular weight excluding hydrogens is 306 g/mol. The Morgan fingerprint density at radius 3 is 2.50 bits per heavy atom. The summed E-state index contributed by atoms with van der Waals surface area (Å²) in [7, 11) is 3.20. The molecule has 0 aromatic heterocycles. The van der Waals surface area contributed by atoms with Crippen molar-refractivity contribution in [2.24, 2.45) is 4.99 Å². The second-order valence-electron chi connectivity index (χ2n) is 5.19. The minimum absolute atomic E-state index is 0.267. The molecule has 1 aliphatic rings. The molecule has 5 nitrogen and oxygen atoms in total. The fourth-order valence-electron chi connectivity index (χ4n) is 2.38. The molecule has 0 aliphatic carbocycles. The minimum atomic E-state index is -0.454. The number of hydrogen-bond donors (Lipinski definition) is 0. The summed E-state index contributed by atoms with van der Waals surface area (Å²) in [4.78, 5) is 16.3. The van der Waals surface area contributed by atoms with E-state index in [9.17, 15) is 4.79 Å². The molecule has 0 spiro atoms. The molecule has 0 radical (unpaired) electrons. The van der Waals surface area contributed by atoms with Crippen molar-refractivity contribution in [3.05, 3.63) is 65.4 Å². The molecule has 0 saturated carbocycles. The lowest BCUT2D eigenvalue weighted by molar-refractivity contribution is -0.130. The lowest BCUT2D eigenvalue weighted by Gasteiger charge is -2.03. The van der Waals surface area contributed by atoms with E-state index in [0.29, 0.717) is 18.1 Å². The first-order valence-corrected chi connectivity index (χ1v) is 7.47. The Bertz CT molecular complexity index is 806. The topological polar surface area (TPSA) is 57.1 Å². The number of carbonyl (C=O) groups excluding carboxylic acids is 1. The fourth-order valence-corrected chi connectivity index (χ4v) is 2.38. The maximum Gasteiger partial charge on any atom is 0.363 e. The van der Waals surface area contributed by atoms with Gasteiger partial charge in [0.1, 0.15) is 11.5 Å². The summed E-state index contributed by atoms with van der Waals surface area (Å²) >= 11 is 0. The van der Waals surface area contributed by atoms with Gasteiger partial charge in [0.05, 0.1) is 14.2 Å². The molecule has 0 saturated heterocycles. The van der Waals surface area contributed by atoms with Gasteiger partial charge in [-0.25, -0.2) is 9.79 Å². The van der Waals surface area contributed by atoms with E-state index in [1.807, 2.05) is 48.5 Å². The molecule has 0 atom stereocenters. The van der Waals surface area contributed by atoms with Crippen molar-refractivity contribution in [1.82, 2.24) is 0 Å². The summed E-state index contributed by atoms with van der Waals surface area (Å²) in [6, 6.07) is 15.0. The van der Waals surface area contributed by atoms with Gasteiger partial charge >= 0.3 is 5.97 Å². The van der Waals surface area contributed by atoms with Crippen LogP contribution in [0.4, 0.5) is 0 Å². The third-order valence-corrected chi connectivity index (χ3v) is 3.61. The number of nitrogens with zero attached hydrogens (tertiary/aromatic N) is 1. The highest BCUT2D eigenvalue weighted by Crippen LogP contribution is 2.24. The van der Waals surface area contributed by atoms with Crippen LogP contribution in [-0.2, 0) is 16.0 Å². The molecule has 0 bridgehead atoms. The van der Waals surface area contributed by atoms with Crippen LogP contribution in [0.25, 0.3) is 6.08 Å². The monoisotopic (exact) mass is 323 g/mol. The second kappa shape index (κ2) is 7.00. The second-order valence-corrected chi connectivity index (χ2v) is 5.19. The normalized spacial score (nSPS) is 15.2. The zero-order chi connectivity index (χ0) is 16.9. The van der Waals surface area contributed by atoms with E-state index in [2.05, 4.69) is 4.99 Å². The van der Waals surface area contributed by atoms with Crippen LogP contribution < -0.4 is 9.47 Å². The Kier molecular flexibility index (Phi) is 4.61. The molecule has 1 heterocycles. The predicted molar refractivity (Wildman–Crippen MR) is 91.2 cm³/mol. The Morgan fingerprint density at radius 2 is 1.79 bits per heavy atom. The number of aliphatic imine (C=N–C) groups is 1. The van der Waals surface area contributed by atoms with E-state index in [4.69, 9.17) is 14.2 Å². The SMILES string of the molecule is COc1ccc(CC2=N/C(=C\c3ccccc3OC)C(=O)O2)cc1. The minimum Gasteiger partial charge on any atom is -0.497 e. The van der Waals surface area contributed by atoms with Gasteiger partial charge < -0.3 is 14.2 Å². The van der Waals surface area contributed by atoms with E-state index in [1.54, 1.807) is 20.3 Å². The Balaban J connectivity index is 1.80. The number of cyclic esters (lactones) is 1. The summed E-state index contributed by atoms with van der Waals surface area (Å²) in [5, 5.41) is 0. The summed E-state index contributed by atoms with van der Waals surface area (Å²) in [6.45, 7) is 0. The lowest BCUT2D eigenvalue weighted by atomic mass is 10.1. The van der Waals surface area contributed by atoms with Gasteiger partial charge in [-0.05, 0) is 29.8 Å². The standard InChI is InChI=1S/C19H17NO4/c1-22-15-9-7-13(8-10-15)11-18-20-16(19(21)24-18)12-14-5-3-4-6-17(14)23-2/h3-10,12H,11H2,1-2H3/b16-12-. The van der Waals surface area contributed by atoms with Gasteiger partial charge in [0.15, 0.2) is 5.70 Å². The van der Waals surface area contributed by atoms with Gasteiger partial charge in [-0.1, -0.05) is 30.3 Å². The molecule has 3 rings (SSSR count). The number of esters is 1. The number of para-hydroxylation sites is 1. The molecule has 5 heteroatoms. The van der Waals surface area contributed by atoms with Crippen molar-refractivity contribution in [3.63, 3.8) is 0 Å². The molecule has 1 aliphatic heterocycles. The molecule has 122 valence electrons. The van der Waals surface area contributed by atoms with Crippen molar-refractivity contribution >= 4 is 17.9 Å². The van der Waals surface area contributed by atoms with E-state index in [1.165, 1.54) is 0 Å². The van der Waals surface area contributed by atoms with Gasteiger partial charge in [-0.2, -0.15) is 0 Å². The number of carbonyl (C=O) groups is 1. The fraction of sp³-hybridized carbons (Fsp3) is 0.158. The number of ether oxygens (including phenoxy) is 3. The van der Waals surface area contributed by atoms with Gasteiger partial charge in [-0.3, -0.25) is 0 Å². The van der Waals surface area contributed by atoms with Crippen LogP contribution in [0, 0.1) is 0 Å². The van der Waals surface area contributed by atoms with Crippen LogP contribution in [-0.4, -0.2) is 26.1 Å². The molecular formula is C19H17NO4. The molecule has 0 unspecified atom stereocenters. The molecule has 0 N–H and O–H groups in total. The zero-order valence-electron chi connectivity index (χ0n) is 13.5. The zero-order valence-corrected chi connectivity index (χ0v) is 13.5. The number of rotatable bonds is 5. The van der Waals surface area contributed by atoms with E-state index < -0.39 is 5.97 Å². The summed E-state index contributed by atoms with van der Waals surface area (Å²) in [5.41, 5.74) is 2.03. The molecule has 2 aromatic carbocycles. The van der Waals surface area contributed by atoms with Gasteiger partial charge in [0, 0.05) is 12.0 Å². The Hall–Kier alpha value is -3.08. The van der Waals surface area contributed by atoms with Crippen molar-refractivity contribution in [2.75, 3.05) is 14.2 Å². The van der Waals surface area contributed by atoms with Crippen molar-refractivity contribution in [3.8, 4) is 11.5 Å². The van der Waals surface area contributed by atoms with Gasteiger partial charge in [0.25, 0.3) is 0 Å². The first-order chi connectivity index (χ1) is 11.7. The molecule has 24 heavy (non-hydrogen) atoms. The highest BCUT2D eigenvalue weighted by atomic mass is 16.6. The average Bonchev–Trinajstić information content (AvgIpc) is 2.95. The van der Waals surface area contributed by atoms with Crippen LogP contribution in [0.15, 0.2) is 59.2 Å². The first-order valence-electron chi connectivity index (χ1n) is 7.47. The Labute approximate surface area is 140 Å². The number of methoxy groups -OCH3 is 2. The smallest absolute Gasteiger partial charge is 0.363 e. The third kappa shape index (κ3) is 3.46. The van der Waals surface area contributed by atoms with Crippen molar-refractivity contribution in [2.45, 2.75) is 6.42 Å². The summed E-state index contributed by atoms with van der Waals surface area (Å²) in [6.07, 6.45) is 2.11. The van der Waals surface area contributed by atoms with Crippen LogP contribution in [0.2, 0.25) is 0 Å². The van der Waals surface area contributed by atoms with Gasteiger partial charge in [0.2, 0.25) is 5.90 Å². The molecule has 2 aromatic rings. The first kappa shape index (κ1) is 15.8. The van der Waals surface area contributed by atoms with Gasteiger partial charge in [-0.15, -0.1) is 0 Å². The third-order valence-electron chi connectivity index (χ3n) is 3.61. The molecule has 0 fully saturated rings. The summed E-state index contributed by atoms with van der Waals surface area (Å²) in [5.74, 6) is 1.38. The van der Waals surface area contributed by atoms with Crippen LogP contribution >= 0.6 is 0 Å². The molecule has 0 amide bonds. The van der Waals surface area contributed by atoms with Crippen molar-refractivity contribution < 1.29 is 19.0 Å².